The van der Waals surface area contributed by atoms with Gasteiger partial charge in [-0.3, -0.25) is 0 Å². The van der Waals surface area contributed by atoms with Crippen LogP contribution in [0.1, 0.15) is 0 Å². The number of ether oxygens (including phenoxy) is 1. The van der Waals surface area contributed by atoms with Crippen molar-refractivity contribution in [1.29, 1.82) is 0 Å². The summed E-state index contributed by atoms with van der Waals surface area (Å²) in [5.74, 6) is -0.298. The topological polar surface area (TPSA) is 39.9 Å². The smallest absolute Gasteiger partial charge is 0.140 e. The molecule has 0 amide bonds. The lowest BCUT2D eigenvalue weighted by Crippen LogP contribution is -2.22. The fraction of sp³-hybridized carbons (Fsp3) is 0.300. The van der Waals surface area contributed by atoms with Crippen molar-refractivity contribution in [3.05, 3.63) is 57.5 Å². The predicted molar refractivity (Wildman–Crippen MR) is 120 cm³/mol. The van der Waals surface area contributed by atoms with Crippen LogP contribution in [0.5, 0.6) is 0 Å². The number of hydrogen-bond acceptors (Lipinski definition) is 3. The molecule has 0 bridgehead atoms. The molecule has 0 saturated heterocycles. The second-order valence-corrected chi connectivity index (χ2v) is 15.0. The largest absolute Gasteiger partial charge is 0.360 e. The van der Waals surface area contributed by atoms with E-state index < -0.39 is 8.07 Å². The van der Waals surface area contributed by atoms with Crippen LogP contribution in [0.15, 0.2) is 51.7 Å². The van der Waals surface area contributed by atoms with E-state index in [2.05, 4.69) is 61.6 Å². The lowest BCUT2D eigenvalue weighted by Gasteiger charge is -2.16. The molecule has 8 heteroatoms. The van der Waals surface area contributed by atoms with Gasteiger partial charge in [0.25, 0.3) is 0 Å². The fourth-order valence-electron chi connectivity index (χ4n) is 2.70. The van der Waals surface area contributed by atoms with Gasteiger partial charge in [0, 0.05) is 20.2 Å². The molecule has 0 aliphatic carbocycles. The van der Waals surface area contributed by atoms with Crippen LogP contribution < -0.4 is 0 Å². The number of aromatic nitrogens is 3. The molecule has 0 aliphatic heterocycles. The molecule has 0 aliphatic rings. The summed E-state index contributed by atoms with van der Waals surface area (Å²) in [7, 11) is -1.15. The SMILES string of the molecule is C[Si](C)(C)CCOCn1ncc(-c2ccc(F)c(Br)c2)c1-c1cccc(Br)n1. The highest BCUT2D eigenvalue weighted by Gasteiger charge is 2.18. The normalized spacial score (nSPS) is 11.8. The lowest BCUT2D eigenvalue weighted by atomic mass is 10.0. The van der Waals surface area contributed by atoms with Gasteiger partial charge in [0.1, 0.15) is 17.2 Å². The molecule has 3 aromatic rings. The number of halogens is 3. The van der Waals surface area contributed by atoms with Crippen LogP contribution in [-0.4, -0.2) is 29.4 Å². The molecule has 148 valence electrons. The first kappa shape index (κ1) is 21.4. The Kier molecular flexibility index (Phi) is 6.85. The summed E-state index contributed by atoms with van der Waals surface area (Å²) < 4.78 is 22.6. The second-order valence-electron chi connectivity index (χ2n) is 7.73. The molecule has 1 aromatic carbocycles. The average molecular weight is 527 g/mol. The Morgan fingerprint density at radius 2 is 1.93 bits per heavy atom. The van der Waals surface area contributed by atoms with Gasteiger partial charge < -0.3 is 4.74 Å². The van der Waals surface area contributed by atoms with Gasteiger partial charge in [-0.1, -0.05) is 31.8 Å². The Labute approximate surface area is 182 Å². The summed E-state index contributed by atoms with van der Waals surface area (Å²) >= 11 is 6.70. The van der Waals surface area contributed by atoms with E-state index in [1.807, 2.05) is 22.9 Å². The Hall–Kier alpha value is -1.35. The van der Waals surface area contributed by atoms with Gasteiger partial charge in [0.15, 0.2) is 0 Å². The van der Waals surface area contributed by atoms with Crippen LogP contribution in [0, 0.1) is 5.82 Å². The minimum Gasteiger partial charge on any atom is -0.360 e. The highest BCUT2D eigenvalue weighted by atomic mass is 79.9. The van der Waals surface area contributed by atoms with Gasteiger partial charge in [-0.25, -0.2) is 14.1 Å². The molecule has 28 heavy (non-hydrogen) atoms. The molecule has 2 aromatic heterocycles. The second kappa shape index (κ2) is 8.98. The molecule has 0 atom stereocenters. The molecular formula is C20H22Br2FN3OSi. The number of benzene rings is 1. The van der Waals surface area contributed by atoms with E-state index in [0.717, 1.165) is 33.2 Å². The van der Waals surface area contributed by atoms with Crippen molar-refractivity contribution >= 4 is 39.9 Å². The first-order valence-electron chi connectivity index (χ1n) is 8.96. The maximum atomic E-state index is 13.7. The van der Waals surface area contributed by atoms with E-state index in [1.54, 1.807) is 18.3 Å². The third-order valence-electron chi connectivity index (χ3n) is 4.24. The quantitative estimate of drug-likeness (QED) is 0.198. The first-order chi connectivity index (χ1) is 13.2. The van der Waals surface area contributed by atoms with Crippen molar-refractivity contribution in [3.63, 3.8) is 0 Å². The van der Waals surface area contributed by atoms with Gasteiger partial charge in [-0.2, -0.15) is 5.10 Å². The Bertz CT molecular complexity index is 972. The molecule has 0 N–H and O–H groups in total. The van der Waals surface area contributed by atoms with Crippen LogP contribution in [0.4, 0.5) is 4.39 Å². The van der Waals surface area contributed by atoms with Crippen LogP contribution in [0.2, 0.25) is 25.7 Å². The van der Waals surface area contributed by atoms with E-state index in [-0.39, 0.29) is 5.82 Å². The minimum absolute atomic E-state index is 0.298. The van der Waals surface area contributed by atoms with Crippen molar-refractivity contribution in [2.24, 2.45) is 0 Å². The minimum atomic E-state index is -1.15. The standard InChI is InChI=1S/C20H22Br2FN3OSi/c1-28(2,3)10-9-27-13-26-20(18-5-4-6-19(22)25-18)15(12-24-26)14-7-8-17(23)16(21)11-14/h4-8,11-12H,9-10,13H2,1-3H3. The van der Waals surface area contributed by atoms with Gasteiger partial charge in [0.05, 0.1) is 22.1 Å². The van der Waals surface area contributed by atoms with Crippen LogP contribution in [0.25, 0.3) is 22.5 Å². The zero-order valence-corrected chi connectivity index (χ0v) is 20.2. The zero-order valence-electron chi connectivity index (χ0n) is 16.0. The molecule has 0 radical (unpaired) electrons. The van der Waals surface area contributed by atoms with E-state index in [9.17, 15) is 4.39 Å². The number of nitrogens with zero attached hydrogens (tertiary/aromatic N) is 3. The highest BCUT2D eigenvalue weighted by molar-refractivity contribution is 9.10. The summed E-state index contributed by atoms with van der Waals surface area (Å²) in [6, 6.07) is 11.8. The maximum absolute atomic E-state index is 13.7. The predicted octanol–water partition coefficient (Wildman–Crippen LogP) is 6.59. The molecule has 2 heterocycles. The lowest BCUT2D eigenvalue weighted by molar-refractivity contribution is 0.0797. The van der Waals surface area contributed by atoms with Gasteiger partial charge in [-0.05, 0) is 67.7 Å². The summed E-state index contributed by atoms with van der Waals surface area (Å²) in [6.07, 6.45) is 1.78. The number of hydrogen-bond donors (Lipinski definition) is 0. The Balaban J connectivity index is 1.96. The molecule has 0 saturated carbocycles. The van der Waals surface area contributed by atoms with Crippen LogP contribution in [0.3, 0.4) is 0 Å². The van der Waals surface area contributed by atoms with E-state index in [4.69, 9.17) is 4.74 Å². The van der Waals surface area contributed by atoms with Crippen molar-refractivity contribution in [2.45, 2.75) is 32.4 Å². The van der Waals surface area contributed by atoms with E-state index in [1.165, 1.54) is 6.07 Å². The van der Waals surface area contributed by atoms with Gasteiger partial charge >= 0.3 is 0 Å². The zero-order chi connectivity index (χ0) is 20.3. The van der Waals surface area contributed by atoms with Crippen molar-refractivity contribution in [1.82, 2.24) is 14.8 Å². The molecular weight excluding hydrogens is 505 g/mol. The molecule has 4 nitrogen and oxygen atoms in total. The van der Waals surface area contributed by atoms with E-state index in [0.29, 0.717) is 17.8 Å². The van der Waals surface area contributed by atoms with Crippen LogP contribution >= 0.6 is 31.9 Å². The van der Waals surface area contributed by atoms with Crippen LogP contribution in [-0.2, 0) is 11.5 Å². The summed E-state index contributed by atoms with van der Waals surface area (Å²) in [5, 5.41) is 4.52. The van der Waals surface area contributed by atoms with Crippen molar-refractivity contribution < 1.29 is 9.13 Å². The van der Waals surface area contributed by atoms with Crippen molar-refractivity contribution in [2.75, 3.05) is 6.61 Å². The summed E-state index contributed by atoms with van der Waals surface area (Å²) in [5.41, 5.74) is 3.35. The number of rotatable bonds is 7. The van der Waals surface area contributed by atoms with Gasteiger partial charge in [-0.15, -0.1) is 0 Å². The Morgan fingerprint density at radius 1 is 1.14 bits per heavy atom. The first-order valence-corrected chi connectivity index (χ1v) is 14.3. The molecule has 0 spiro atoms. The fourth-order valence-corrected chi connectivity index (χ4v) is 4.18. The molecule has 0 fully saturated rings. The Morgan fingerprint density at radius 3 is 2.61 bits per heavy atom. The van der Waals surface area contributed by atoms with Crippen molar-refractivity contribution in [3.8, 4) is 22.5 Å². The van der Waals surface area contributed by atoms with E-state index >= 15 is 0 Å². The van der Waals surface area contributed by atoms with Gasteiger partial charge in [0.2, 0.25) is 0 Å². The molecule has 0 unspecified atom stereocenters. The third-order valence-corrected chi connectivity index (χ3v) is 6.99. The maximum Gasteiger partial charge on any atom is 0.140 e. The monoisotopic (exact) mass is 525 g/mol. The summed E-state index contributed by atoms with van der Waals surface area (Å²) in [4.78, 5) is 4.59. The molecule has 3 rings (SSSR count). The number of pyridine rings is 1. The highest BCUT2D eigenvalue weighted by Crippen LogP contribution is 2.33. The summed E-state index contributed by atoms with van der Waals surface area (Å²) in [6.45, 7) is 8.03. The average Bonchev–Trinajstić information content (AvgIpc) is 3.04. The third kappa shape index (κ3) is 5.37.